The summed E-state index contributed by atoms with van der Waals surface area (Å²) in [6, 6.07) is 4.94. The molecule has 2 N–H and O–H groups in total. The molecule has 1 aromatic carbocycles. The van der Waals surface area contributed by atoms with Crippen molar-refractivity contribution in [2.75, 3.05) is 5.84 Å². The molecule has 0 fully saturated rings. The molecular formula is C10H7Cl2F3N4S. The SMILES string of the molecule is Nn1c(SCc2ccc(Cl)c(Cl)c2)nnc1C(F)(F)F. The number of alkyl halides is 3. The lowest BCUT2D eigenvalue weighted by atomic mass is 10.2. The van der Waals surface area contributed by atoms with Gasteiger partial charge in [0.2, 0.25) is 5.16 Å². The Hall–Kier alpha value is -1.12. The van der Waals surface area contributed by atoms with E-state index in [1.54, 1.807) is 18.2 Å². The summed E-state index contributed by atoms with van der Waals surface area (Å²) in [6.45, 7) is 0. The third-order valence-electron chi connectivity index (χ3n) is 2.27. The number of thioether (sulfide) groups is 1. The van der Waals surface area contributed by atoms with Crippen molar-refractivity contribution in [1.29, 1.82) is 0 Å². The second-order valence-electron chi connectivity index (χ2n) is 3.71. The fourth-order valence-corrected chi connectivity index (χ4v) is 2.47. The maximum Gasteiger partial charge on any atom is 0.453 e. The summed E-state index contributed by atoms with van der Waals surface area (Å²) in [5.74, 6) is 4.41. The molecule has 0 saturated carbocycles. The lowest BCUT2D eigenvalue weighted by molar-refractivity contribution is -0.146. The number of nitrogens with zero attached hydrogens (tertiary/aromatic N) is 3. The first-order valence-corrected chi connectivity index (χ1v) is 6.87. The van der Waals surface area contributed by atoms with Crippen molar-refractivity contribution in [3.8, 4) is 0 Å². The number of nitrogens with two attached hydrogens (primary N) is 1. The van der Waals surface area contributed by atoms with Crippen LogP contribution in [0.25, 0.3) is 0 Å². The van der Waals surface area contributed by atoms with Gasteiger partial charge in [0, 0.05) is 5.75 Å². The van der Waals surface area contributed by atoms with Crippen LogP contribution in [0.4, 0.5) is 13.2 Å². The van der Waals surface area contributed by atoms with Gasteiger partial charge in [-0.1, -0.05) is 41.0 Å². The van der Waals surface area contributed by atoms with E-state index in [1.165, 1.54) is 0 Å². The van der Waals surface area contributed by atoms with Gasteiger partial charge in [0.15, 0.2) is 0 Å². The van der Waals surface area contributed by atoms with E-state index in [1.807, 2.05) is 0 Å². The van der Waals surface area contributed by atoms with Crippen LogP contribution >= 0.6 is 35.0 Å². The van der Waals surface area contributed by atoms with Crippen molar-refractivity contribution in [3.05, 3.63) is 39.6 Å². The van der Waals surface area contributed by atoms with Crippen molar-refractivity contribution in [2.45, 2.75) is 17.1 Å². The molecule has 1 aromatic heterocycles. The van der Waals surface area contributed by atoms with Gasteiger partial charge in [0.05, 0.1) is 10.0 Å². The van der Waals surface area contributed by atoms with Gasteiger partial charge in [-0.2, -0.15) is 13.2 Å². The molecule has 4 nitrogen and oxygen atoms in total. The second-order valence-corrected chi connectivity index (χ2v) is 5.47. The highest BCUT2D eigenvalue weighted by atomic mass is 35.5. The summed E-state index contributed by atoms with van der Waals surface area (Å²) in [4.78, 5) is 0. The van der Waals surface area contributed by atoms with Crippen LogP contribution in [0.15, 0.2) is 23.4 Å². The van der Waals surface area contributed by atoms with Crippen LogP contribution in [0.2, 0.25) is 10.0 Å². The summed E-state index contributed by atoms with van der Waals surface area (Å²) < 4.78 is 37.9. The molecule has 0 unspecified atom stereocenters. The smallest absolute Gasteiger partial charge is 0.335 e. The summed E-state index contributed by atoms with van der Waals surface area (Å²) in [7, 11) is 0. The molecule has 0 aliphatic carbocycles. The average Bonchev–Trinajstić information content (AvgIpc) is 2.72. The predicted octanol–water partition coefficient (Wildman–Crippen LogP) is 3.61. The number of halogens is 5. The molecule has 0 spiro atoms. The van der Waals surface area contributed by atoms with Gasteiger partial charge in [-0.05, 0) is 17.7 Å². The van der Waals surface area contributed by atoms with Crippen LogP contribution in [-0.4, -0.2) is 14.9 Å². The summed E-state index contributed by atoms with van der Waals surface area (Å²) in [6.07, 6.45) is -4.63. The topological polar surface area (TPSA) is 56.7 Å². The van der Waals surface area contributed by atoms with Gasteiger partial charge < -0.3 is 5.84 Å². The Morgan fingerprint density at radius 2 is 1.90 bits per heavy atom. The monoisotopic (exact) mass is 342 g/mol. The fraction of sp³-hybridized carbons (Fsp3) is 0.200. The minimum atomic E-state index is -4.63. The van der Waals surface area contributed by atoms with Crippen molar-refractivity contribution >= 4 is 35.0 Å². The maximum absolute atomic E-state index is 12.5. The molecule has 108 valence electrons. The van der Waals surface area contributed by atoms with Gasteiger partial charge in [-0.3, -0.25) is 0 Å². The molecule has 20 heavy (non-hydrogen) atoms. The summed E-state index contributed by atoms with van der Waals surface area (Å²) in [5.41, 5.74) is 0.779. The van der Waals surface area contributed by atoms with Crippen molar-refractivity contribution in [2.24, 2.45) is 0 Å². The molecule has 0 bridgehead atoms. The van der Waals surface area contributed by atoms with Crippen LogP contribution in [0, 0.1) is 0 Å². The Balaban J connectivity index is 2.11. The Bertz CT molecular complexity index is 629. The Morgan fingerprint density at radius 3 is 2.45 bits per heavy atom. The van der Waals surface area contributed by atoms with Gasteiger partial charge in [0.25, 0.3) is 5.82 Å². The standard InChI is InChI=1S/C10H7Cl2F3N4S/c11-6-2-1-5(3-7(6)12)4-20-9-18-17-8(19(9)16)10(13,14)15/h1-3H,4,16H2. The highest BCUT2D eigenvalue weighted by Gasteiger charge is 2.38. The highest BCUT2D eigenvalue weighted by Crippen LogP contribution is 2.30. The molecule has 2 rings (SSSR count). The second kappa shape index (κ2) is 5.71. The minimum absolute atomic E-state index is 0.0385. The van der Waals surface area contributed by atoms with Crippen LogP contribution in [0.5, 0.6) is 0 Å². The lowest BCUT2D eigenvalue weighted by Crippen LogP contribution is -2.21. The first-order valence-electron chi connectivity index (χ1n) is 5.13. The molecule has 0 aliphatic rings. The fourth-order valence-electron chi connectivity index (χ4n) is 1.35. The minimum Gasteiger partial charge on any atom is -0.335 e. The number of rotatable bonds is 3. The number of nitrogen functional groups attached to an aromatic ring is 1. The normalized spacial score (nSPS) is 11.8. The molecule has 10 heteroatoms. The molecule has 0 saturated heterocycles. The first kappa shape index (κ1) is 15.3. The average molecular weight is 343 g/mol. The third kappa shape index (κ3) is 3.31. The van der Waals surface area contributed by atoms with Crippen molar-refractivity contribution < 1.29 is 13.2 Å². The van der Waals surface area contributed by atoms with E-state index in [-0.39, 0.29) is 5.16 Å². The first-order chi connectivity index (χ1) is 9.29. The van der Waals surface area contributed by atoms with Crippen LogP contribution < -0.4 is 5.84 Å². The maximum atomic E-state index is 12.5. The zero-order chi connectivity index (χ0) is 14.9. The number of aromatic nitrogens is 3. The third-order valence-corrected chi connectivity index (χ3v) is 4.02. The van der Waals surface area contributed by atoms with Crippen molar-refractivity contribution in [3.63, 3.8) is 0 Å². The molecular weight excluding hydrogens is 336 g/mol. The molecule has 0 radical (unpaired) electrons. The van der Waals surface area contributed by atoms with Crippen molar-refractivity contribution in [1.82, 2.24) is 14.9 Å². The van der Waals surface area contributed by atoms with Crippen LogP contribution in [-0.2, 0) is 11.9 Å². The predicted molar refractivity (Wildman–Crippen MR) is 71.2 cm³/mol. The van der Waals surface area contributed by atoms with Gasteiger partial charge in [-0.15, -0.1) is 10.2 Å². The van der Waals surface area contributed by atoms with Gasteiger partial charge in [-0.25, -0.2) is 4.68 Å². The van der Waals surface area contributed by atoms with E-state index in [9.17, 15) is 13.2 Å². The van der Waals surface area contributed by atoms with Gasteiger partial charge in [0.1, 0.15) is 0 Å². The largest absolute Gasteiger partial charge is 0.453 e. The molecule has 0 atom stereocenters. The van der Waals surface area contributed by atoms with E-state index in [0.717, 1.165) is 17.3 Å². The van der Waals surface area contributed by atoms with E-state index in [0.29, 0.717) is 20.5 Å². The Labute approximate surface area is 126 Å². The summed E-state index contributed by atoms with van der Waals surface area (Å²) >= 11 is 12.6. The number of benzene rings is 1. The molecule has 0 aliphatic heterocycles. The van der Waals surface area contributed by atoms with E-state index >= 15 is 0 Å². The number of hydrogen-bond donors (Lipinski definition) is 1. The molecule has 2 aromatic rings. The van der Waals surface area contributed by atoms with Gasteiger partial charge >= 0.3 is 6.18 Å². The Kier molecular flexibility index (Phi) is 4.36. The lowest BCUT2D eigenvalue weighted by Gasteiger charge is -2.06. The number of hydrogen-bond acceptors (Lipinski definition) is 4. The quantitative estimate of drug-likeness (QED) is 0.683. The summed E-state index contributed by atoms with van der Waals surface area (Å²) in [5, 5.41) is 7.17. The highest BCUT2D eigenvalue weighted by molar-refractivity contribution is 7.98. The molecule has 0 amide bonds. The van der Waals surface area contributed by atoms with E-state index in [4.69, 9.17) is 29.0 Å². The Morgan fingerprint density at radius 1 is 1.20 bits per heavy atom. The van der Waals surface area contributed by atoms with E-state index < -0.39 is 12.0 Å². The van der Waals surface area contributed by atoms with Crippen LogP contribution in [0.3, 0.4) is 0 Å². The van der Waals surface area contributed by atoms with Crippen LogP contribution in [0.1, 0.15) is 11.4 Å². The zero-order valence-electron chi connectivity index (χ0n) is 9.66. The van der Waals surface area contributed by atoms with E-state index in [2.05, 4.69) is 10.2 Å². The zero-order valence-corrected chi connectivity index (χ0v) is 12.0. The molecule has 1 heterocycles.